The summed E-state index contributed by atoms with van der Waals surface area (Å²) in [5, 5.41) is 11.1. The van der Waals surface area contributed by atoms with Gasteiger partial charge in [-0.25, -0.2) is 0 Å². The SMILES string of the molecule is O=C(NCc1nncn1CCc1ccccc1)c1ccncc1Cl. The lowest BCUT2D eigenvalue weighted by atomic mass is 10.1. The van der Waals surface area contributed by atoms with Gasteiger partial charge in [0.25, 0.3) is 5.91 Å². The molecule has 0 radical (unpaired) electrons. The molecule has 6 nitrogen and oxygen atoms in total. The molecule has 1 aromatic carbocycles. The molecule has 1 amide bonds. The van der Waals surface area contributed by atoms with Gasteiger partial charge in [-0.05, 0) is 18.1 Å². The van der Waals surface area contributed by atoms with Crippen LogP contribution in [0.2, 0.25) is 5.02 Å². The third kappa shape index (κ3) is 3.97. The van der Waals surface area contributed by atoms with Crippen LogP contribution < -0.4 is 5.32 Å². The summed E-state index contributed by atoms with van der Waals surface area (Å²) in [4.78, 5) is 16.0. The minimum absolute atomic E-state index is 0.264. The first-order valence-electron chi connectivity index (χ1n) is 7.52. The number of pyridine rings is 1. The third-order valence-electron chi connectivity index (χ3n) is 3.60. The Morgan fingerprint density at radius 3 is 2.83 bits per heavy atom. The van der Waals surface area contributed by atoms with Gasteiger partial charge in [-0.1, -0.05) is 41.9 Å². The summed E-state index contributed by atoms with van der Waals surface area (Å²) in [6, 6.07) is 11.8. The van der Waals surface area contributed by atoms with Crippen molar-refractivity contribution >= 4 is 17.5 Å². The van der Waals surface area contributed by atoms with Crippen LogP contribution in [0.3, 0.4) is 0 Å². The lowest BCUT2D eigenvalue weighted by Crippen LogP contribution is -2.25. The lowest BCUT2D eigenvalue weighted by molar-refractivity contribution is 0.0949. The average Bonchev–Trinajstić information content (AvgIpc) is 3.06. The van der Waals surface area contributed by atoms with E-state index in [1.54, 1.807) is 12.4 Å². The Labute approximate surface area is 144 Å². The van der Waals surface area contributed by atoms with Crippen LogP contribution >= 0.6 is 11.6 Å². The molecule has 2 heterocycles. The first kappa shape index (κ1) is 16.1. The van der Waals surface area contributed by atoms with Crippen LogP contribution in [0.4, 0.5) is 0 Å². The number of halogens is 1. The summed E-state index contributed by atoms with van der Waals surface area (Å²) in [6.07, 6.45) is 5.52. The van der Waals surface area contributed by atoms with E-state index in [1.165, 1.54) is 18.0 Å². The maximum atomic E-state index is 12.2. The van der Waals surface area contributed by atoms with Crippen molar-refractivity contribution in [3.05, 3.63) is 77.1 Å². The molecule has 0 saturated heterocycles. The lowest BCUT2D eigenvalue weighted by Gasteiger charge is -2.08. The van der Waals surface area contributed by atoms with E-state index in [0.717, 1.165) is 13.0 Å². The number of rotatable bonds is 6. The zero-order valence-corrected chi connectivity index (χ0v) is 13.6. The number of nitrogens with zero attached hydrogens (tertiary/aromatic N) is 4. The van der Waals surface area contributed by atoms with Crippen LogP contribution in [0.1, 0.15) is 21.7 Å². The Morgan fingerprint density at radius 1 is 1.21 bits per heavy atom. The maximum absolute atomic E-state index is 12.2. The quantitative estimate of drug-likeness (QED) is 0.747. The van der Waals surface area contributed by atoms with Gasteiger partial charge in [0.15, 0.2) is 5.82 Å². The maximum Gasteiger partial charge on any atom is 0.253 e. The van der Waals surface area contributed by atoms with Crippen LogP contribution in [-0.2, 0) is 19.5 Å². The second-order valence-electron chi connectivity index (χ2n) is 5.21. The van der Waals surface area contributed by atoms with E-state index in [0.29, 0.717) is 16.4 Å². The monoisotopic (exact) mass is 341 g/mol. The summed E-state index contributed by atoms with van der Waals surface area (Å²) in [7, 11) is 0. The van der Waals surface area contributed by atoms with Gasteiger partial charge in [0.2, 0.25) is 0 Å². The Kier molecular flexibility index (Phi) is 5.18. The fourth-order valence-corrected chi connectivity index (χ4v) is 2.52. The van der Waals surface area contributed by atoms with E-state index >= 15 is 0 Å². The van der Waals surface area contributed by atoms with Crippen molar-refractivity contribution in [1.29, 1.82) is 0 Å². The normalized spacial score (nSPS) is 10.5. The molecule has 24 heavy (non-hydrogen) atoms. The highest BCUT2D eigenvalue weighted by atomic mass is 35.5. The topological polar surface area (TPSA) is 72.7 Å². The molecule has 3 rings (SSSR count). The van der Waals surface area contributed by atoms with E-state index in [9.17, 15) is 4.79 Å². The molecule has 0 aliphatic rings. The molecule has 122 valence electrons. The van der Waals surface area contributed by atoms with Crippen molar-refractivity contribution in [3.8, 4) is 0 Å². The molecule has 0 saturated carbocycles. The summed E-state index contributed by atoms with van der Waals surface area (Å²) in [5.74, 6) is 0.435. The highest BCUT2D eigenvalue weighted by molar-refractivity contribution is 6.33. The summed E-state index contributed by atoms with van der Waals surface area (Å²) < 4.78 is 1.93. The summed E-state index contributed by atoms with van der Waals surface area (Å²) >= 11 is 5.97. The number of benzene rings is 1. The van der Waals surface area contributed by atoms with E-state index < -0.39 is 0 Å². The van der Waals surface area contributed by atoms with E-state index in [1.807, 2.05) is 22.8 Å². The Hall–Kier alpha value is -2.73. The number of nitrogens with one attached hydrogen (secondary N) is 1. The van der Waals surface area contributed by atoms with Gasteiger partial charge in [0.05, 0.1) is 17.1 Å². The molecular formula is C17H16ClN5O. The molecule has 3 aromatic rings. The molecule has 2 aromatic heterocycles. The van der Waals surface area contributed by atoms with E-state index in [2.05, 4.69) is 32.6 Å². The molecule has 0 aliphatic carbocycles. The number of amides is 1. The first-order chi connectivity index (χ1) is 11.7. The zero-order chi connectivity index (χ0) is 16.8. The average molecular weight is 342 g/mol. The number of aryl methyl sites for hydroxylation is 2. The van der Waals surface area contributed by atoms with E-state index in [4.69, 9.17) is 11.6 Å². The Bertz CT molecular complexity index is 819. The predicted octanol–water partition coefficient (Wildman–Crippen LogP) is 2.50. The number of hydrogen-bond acceptors (Lipinski definition) is 4. The van der Waals surface area contributed by atoms with Crippen molar-refractivity contribution < 1.29 is 4.79 Å². The molecule has 7 heteroatoms. The van der Waals surface area contributed by atoms with Crippen LogP contribution in [-0.4, -0.2) is 25.7 Å². The zero-order valence-electron chi connectivity index (χ0n) is 12.9. The molecule has 0 aliphatic heterocycles. The molecule has 0 bridgehead atoms. The fourth-order valence-electron chi connectivity index (χ4n) is 2.31. The van der Waals surface area contributed by atoms with Crippen LogP contribution in [0, 0.1) is 0 Å². The fraction of sp³-hybridized carbons (Fsp3) is 0.176. The molecule has 0 atom stereocenters. The molecule has 0 fully saturated rings. The van der Waals surface area contributed by atoms with Gasteiger partial charge in [-0.2, -0.15) is 0 Å². The molecule has 1 N–H and O–H groups in total. The van der Waals surface area contributed by atoms with Gasteiger partial charge >= 0.3 is 0 Å². The smallest absolute Gasteiger partial charge is 0.253 e. The number of carbonyl (C=O) groups is 1. The minimum atomic E-state index is -0.264. The van der Waals surface area contributed by atoms with Crippen molar-refractivity contribution in [2.75, 3.05) is 0 Å². The van der Waals surface area contributed by atoms with Gasteiger partial charge in [-0.3, -0.25) is 9.78 Å². The molecule has 0 unspecified atom stereocenters. The third-order valence-corrected chi connectivity index (χ3v) is 3.91. The molecular weight excluding hydrogens is 326 g/mol. The second-order valence-corrected chi connectivity index (χ2v) is 5.62. The van der Waals surface area contributed by atoms with E-state index in [-0.39, 0.29) is 12.5 Å². The van der Waals surface area contributed by atoms with Crippen LogP contribution in [0.15, 0.2) is 55.1 Å². The van der Waals surface area contributed by atoms with Gasteiger partial charge in [0, 0.05) is 18.9 Å². The Morgan fingerprint density at radius 2 is 2.04 bits per heavy atom. The summed E-state index contributed by atoms with van der Waals surface area (Å²) in [5.41, 5.74) is 1.63. The Balaban J connectivity index is 1.59. The first-order valence-corrected chi connectivity index (χ1v) is 7.90. The van der Waals surface area contributed by atoms with Crippen LogP contribution in [0.25, 0.3) is 0 Å². The van der Waals surface area contributed by atoms with Gasteiger partial charge in [-0.15, -0.1) is 10.2 Å². The van der Waals surface area contributed by atoms with Crippen molar-refractivity contribution in [3.63, 3.8) is 0 Å². The predicted molar refractivity (Wildman–Crippen MR) is 90.6 cm³/mol. The van der Waals surface area contributed by atoms with Gasteiger partial charge in [0.1, 0.15) is 6.33 Å². The molecule has 0 spiro atoms. The second kappa shape index (κ2) is 7.70. The standard InChI is InChI=1S/C17H16ClN5O/c18-15-10-19-8-6-14(15)17(24)20-11-16-22-21-12-23(16)9-7-13-4-2-1-3-5-13/h1-6,8,10,12H,7,9,11H2,(H,20,24). The van der Waals surface area contributed by atoms with Crippen molar-refractivity contribution in [2.45, 2.75) is 19.5 Å². The van der Waals surface area contributed by atoms with Crippen molar-refractivity contribution in [1.82, 2.24) is 25.1 Å². The largest absolute Gasteiger partial charge is 0.345 e. The number of aromatic nitrogens is 4. The highest BCUT2D eigenvalue weighted by Gasteiger charge is 2.11. The van der Waals surface area contributed by atoms with Gasteiger partial charge < -0.3 is 9.88 Å². The van der Waals surface area contributed by atoms with Crippen molar-refractivity contribution in [2.24, 2.45) is 0 Å². The van der Waals surface area contributed by atoms with Crippen LogP contribution in [0.5, 0.6) is 0 Å². The highest BCUT2D eigenvalue weighted by Crippen LogP contribution is 2.13. The number of hydrogen-bond donors (Lipinski definition) is 1. The minimum Gasteiger partial charge on any atom is -0.345 e. The number of carbonyl (C=O) groups excluding carboxylic acids is 1. The summed E-state index contributed by atoms with van der Waals surface area (Å²) in [6.45, 7) is 1.03.